The van der Waals surface area contributed by atoms with Gasteiger partial charge in [0.2, 0.25) is 0 Å². The summed E-state index contributed by atoms with van der Waals surface area (Å²) in [5.74, 6) is -1.29. The van der Waals surface area contributed by atoms with E-state index in [0.717, 1.165) is 6.42 Å². The lowest BCUT2D eigenvalue weighted by molar-refractivity contribution is -0.205. The topological polar surface area (TPSA) is 78.4 Å². The Labute approximate surface area is 160 Å². The van der Waals surface area contributed by atoms with Gasteiger partial charge in [-0.05, 0) is 34.1 Å². The number of ether oxygens (including phenoxy) is 5. The summed E-state index contributed by atoms with van der Waals surface area (Å²) < 4.78 is 30.2. The van der Waals surface area contributed by atoms with Crippen LogP contribution in [-0.2, 0) is 23.7 Å². The molecule has 8 heteroatoms. The molecule has 1 unspecified atom stereocenters. The third-order valence-electron chi connectivity index (χ3n) is 5.05. The van der Waals surface area contributed by atoms with Crippen LogP contribution in [0, 0.1) is 0 Å². The van der Waals surface area contributed by atoms with Crippen LogP contribution in [0.3, 0.4) is 0 Å². The van der Waals surface area contributed by atoms with Gasteiger partial charge in [0.05, 0.1) is 24.3 Å². The maximum absolute atomic E-state index is 9.36. The van der Waals surface area contributed by atoms with Crippen molar-refractivity contribution in [2.75, 3.05) is 13.2 Å². The second-order valence-corrected chi connectivity index (χ2v) is 8.62. The first-order valence-corrected chi connectivity index (χ1v) is 9.78. The van der Waals surface area contributed by atoms with Crippen molar-refractivity contribution in [1.29, 1.82) is 0 Å². The lowest BCUT2D eigenvalue weighted by atomic mass is 10.0. The zero-order valence-corrected chi connectivity index (χ0v) is 17.0. The Morgan fingerprint density at radius 3 is 2.38 bits per heavy atom. The van der Waals surface area contributed by atoms with Gasteiger partial charge < -0.3 is 34.1 Å². The minimum Gasteiger partial charge on any atom is -0.394 e. The number of thiocarbonyl (C=S) groups is 1. The fraction of sp³-hybridized carbons (Fsp3) is 0.944. The molecule has 26 heavy (non-hydrogen) atoms. The molecule has 0 aromatic heterocycles. The second kappa shape index (κ2) is 7.58. The van der Waals surface area contributed by atoms with Crippen LogP contribution in [0.25, 0.3) is 0 Å². The summed E-state index contributed by atoms with van der Waals surface area (Å²) in [5, 5.41) is 12.6. The molecule has 0 amide bonds. The molecule has 0 aromatic rings. The van der Waals surface area contributed by atoms with Gasteiger partial charge in [0.15, 0.2) is 11.6 Å². The summed E-state index contributed by atoms with van der Waals surface area (Å²) >= 11 is 5.47. The maximum atomic E-state index is 9.36. The van der Waals surface area contributed by atoms with E-state index in [2.05, 4.69) is 5.32 Å². The Balaban J connectivity index is 1.68. The number of fused-ring (bicyclic) bond motifs is 1. The van der Waals surface area contributed by atoms with E-state index in [1.807, 2.05) is 34.6 Å². The fourth-order valence-corrected chi connectivity index (χ4v) is 4.13. The molecule has 3 aliphatic rings. The third kappa shape index (κ3) is 4.38. The number of aliphatic hydroxyl groups is 1. The first kappa shape index (κ1) is 20.4. The van der Waals surface area contributed by atoms with Gasteiger partial charge in [-0.15, -0.1) is 0 Å². The standard InChI is InChI=1S/C18H31NO6S/c1-6-10(8-20)19-13(26)7-11-15-16(25-18(4,5)24-15)14(22-11)12-9-21-17(2,3)23-12/h10-12,14-16,20H,6-9H2,1-5H3,(H,19,26)/t10-,11+,12?,14-,15-,16+/m1/s1. The molecule has 2 N–H and O–H groups in total. The predicted octanol–water partition coefficient (Wildman–Crippen LogP) is 1.50. The van der Waals surface area contributed by atoms with Gasteiger partial charge in [0.25, 0.3) is 0 Å². The van der Waals surface area contributed by atoms with E-state index in [4.69, 9.17) is 35.9 Å². The number of hydrogen-bond donors (Lipinski definition) is 2. The van der Waals surface area contributed by atoms with Crippen molar-refractivity contribution in [1.82, 2.24) is 5.32 Å². The summed E-state index contributed by atoms with van der Waals surface area (Å²) in [7, 11) is 0. The summed E-state index contributed by atoms with van der Waals surface area (Å²) in [5.41, 5.74) is 0. The quantitative estimate of drug-likeness (QED) is 0.662. The average molecular weight is 390 g/mol. The largest absolute Gasteiger partial charge is 0.394 e. The van der Waals surface area contributed by atoms with Crippen molar-refractivity contribution in [3.63, 3.8) is 0 Å². The molecule has 6 atom stereocenters. The van der Waals surface area contributed by atoms with Crippen LogP contribution in [0.15, 0.2) is 0 Å². The minimum absolute atomic E-state index is 0.0416. The molecule has 0 spiro atoms. The minimum atomic E-state index is -0.670. The highest BCUT2D eigenvalue weighted by atomic mass is 32.1. The summed E-state index contributed by atoms with van der Waals surface area (Å²) in [6.45, 7) is 10.1. The van der Waals surface area contributed by atoms with Gasteiger partial charge >= 0.3 is 0 Å². The number of nitrogens with one attached hydrogen (secondary N) is 1. The van der Waals surface area contributed by atoms with Crippen molar-refractivity contribution >= 4 is 17.2 Å². The van der Waals surface area contributed by atoms with E-state index < -0.39 is 11.6 Å². The Morgan fingerprint density at radius 2 is 1.81 bits per heavy atom. The van der Waals surface area contributed by atoms with E-state index in [-0.39, 0.29) is 43.2 Å². The highest BCUT2D eigenvalue weighted by molar-refractivity contribution is 7.80. The van der Waals surface area contributed by atoms with Gasteiger partial charge in [-0.3, -0.25) is 0 Å². The van der Waals surface area contributed by atoms with Crippen LogP contribution in [0.4, 0.5) is 0 Å². The van der Waals surface area contributed by atoms with Crippen LogP contribution in [0.1, 0.15) is 47.5 Å². The molecule has 3 saturated heterocycles. The first-order valence-electron chi connectivity index (χ1n) is 9.37. The SMILES string of the molecule is CC[C@H](CO)NC(=S)C[C@@H]1O[C@H](C2COC(C)(C)O2)[C@@H]2OC(C)(C)O[C@@H]21. The van der Waals surface area contributed by atoms with Crippen molar-refractivity contribution in [2.45, 2.75) is 95.6 Å². The van der Waals surface area contributed by atoms with Gasteiger partial charge in [-0.2, -0.15) is 0 Å². The van der Waals surface area contributed by atoms with E-state index in [0.29, 0.717) is 18.0 Å². The van der Waals surface area contributed by atoms with E-state index in [1.54, 1.807) is 0 Å². The molecule has 0 radical (unpaired) electrons. The van der Waals surface area contributed by atoms with Crippen molar-refractivity contribution in [2.24, 2.45) is 0 Å². The van der Waals surface area contributed by atoms with Crippen LogP contribution in [0.5, 0.6) is 0 Å². The molecule has 0 aromatic carbocycles. The third-order valence-corrected chi connectivity index (χ3v) is 5.33. The summed E-state index contributed by atoms with van der Waals surface area (Å²) in [4.78, 5) is 0.660. The van der Waals surface area contributed by atoms with Gasteiger partial charge in [0, 0.05) is 12.5 Å². The molecule has 3 fully saturated rings. The smallest absolute Gasteiger partial charge is 0.164 e. The van der Waals surface area contributed by atoms with Crippen molar-refractivity contribution in [3.05, 3.63) is 0 Å². The monoisotopic (exact) mass is 389 g/mol. The highest BCUT2D eigenvalue weighted by Crippen LogP contribution is 2.43. The number of rotatable bonds is 6. The van der Waals surface area contributed by atoms with E-state index in [1.165, 1.54) is 0 Å². The highest BCUT2D eigenvalue weighted by Gasteiger charge is 2.58. The molecule has 3 rings (SSSR count). The molecule has 7 nitrogen and oxygen atoms in total. The molecule has 3 heterocycles. The molecule has 0 aliphatic carbocycles. The molecule has 3 aliphatic heterocycles. The molecular formula is C18H31NO6S. The van der Waals surface area contributed by atoms with Crippen LogP contribution < -0.4 is 5.32 Å². The molecule has 0 bridgehead atoms. The summed E-state index contributed by atoms with van der Waals surface area (Å²) in [6, 6.07) is -0.0416. The maximum Gasteiger partial charge on any atom is 0.164 e. The Morgan fingerprint density at radius 1 is 1.12 bits per heavy atom. The van der Waals surface area contributed by atoms with E-state index in [9.17, 15) is 5.11 Å². The van der Waals surface area contributed by atoms with Crippen LogP contribution >= 0.6 is 12.2 Å². The average Bonchev–Trinajstić information content (AvgIpc) is 3.16. The molecule has 0 saturated carbocycles. The fourth-order valence-electron chi connectivity index (χ4n) is 3.80. The van der Waals surface area contributed by atoms with Crippen molar-refractivity contribution < 1.29 is 28.8 Å². The number of hydrogen-bond acceptors (Lipinski definition) is 7. The van der Waals surface area contributed by atoms with Crippen LogP contribution in [0.2, 0.25) is 0 Å². The van der Waals surface area contributed by atoms with Crippen LogP contribution in [-0.4, -0.2) is 71.4 Å². The van der Waals surface area contributed by atoms with Gasteiger partial charge in [-0.1, -0.05) is 19.1 Å². The Kier molecular flexibility index (Phi) is 5.94. The lowest BCUT2D eigenvalue weighted by Crippen LogP contribution is -2.40. The molecule has 150 valence electrons. The number of aliphatic hydroxyl groups excluding tert-OH is 1. The predicted molar refractivity (Wildman–Crippen MR) is 98.9 cm³/mol. The van der Waals surface area contributed by atoms with E-state index >= 15 is 0 Å². The Bertz CT molecular complexity index is 524. The Hall–Kier alpha value is -0.350. The van der Waals surface area contributed by atoms with Crippen molar-refractivity contribution in [3.8, 4) is 0 Å². The molecular weight excluding hydrogens is 358 g/mol. The lowest BCUT2D eigenvalue weighted by Gasteiger charge is -2.27. The van der Waals surface area contributed by atoms with Gasteiger partial charge in [0.1, 0.15) is 24.4 Å². The summed E-state index contributed by atoms with van der Waals surface area (Å²) in [6.07, 6.45) is 0.177. The zero-order chi connectivity index (χ0) is 19.1. The van der Waals surface area contributed by atoms with Gasteiger partial charge in [-0.25, -0.2) is 0 Å². The normalized spacial score (nSPS) is 38.9. The second-order valence-electron chi connectivity index (χ2n) is 8.13. The zero-order valence-electron chi connectivity index (χ0n) is 16.2. The first-order chi connectivity index (χ1) is 12.1.